The second kappa shape index (κ2) is 7.69. The Hall–Kier alpha value is -1.58. The molecule has 4 heteroatoms. The molecule has 0 amide bonds. The molecule has 4 nitrogen and oxygen atoms in total. The van der Waals surface area contributed by atoms with Gasteiger partial charge in [-0.05, 0) is 25.8 Å². The van der Waals surface area contributed by atoms with Gasteiger partial charge in [0, 0.05) is 6.07 Å². The molecular formula is C14H21NO3. The van der Waals surface area contributed by atoms with Gasteiger partial charge in [-0.25, -0.2) is 0 Å². The topological polar surface area (TPSA) is 52.4 Å². The quantitative estimate of drug-likeness (QED) is 0.392. The van der Waals surface area contributed by atoms with Crippen LogP contribution in [0.1, 0.15) is 46.0 Å². The fraction of sp³-hybridized carbons (Fsp3) is 0.571. The van der Waals surface area contributed by atoms with Gasteiger partial charge in [-0.2, -0.15) is 0 Å². The summed E-state index contributed by atoms with van der Waals surface area (Å²) in [6.45, 7) is 4.13. The van der Waals surface area contributed by atoms with Crippen molar-refractivity contribution in [1.29, 1.82) is 0 Å². The number of para-hydroxylation sites is 2. The Morgan fingerprint density at radius 2 is 2.00 bits per heavy atom. The second-order valence-corrected chi connectivity index (χ2v) is 4.50. The van der Waals surface area contributed by atoms with Crippen LogP contribution in [0.2, 0.25) is 0 Å². The predicted octanol–water partition coefficient (Wildman–Crippen LogP) is 4.33. The molecular weight excluding hydrogens is 230 g/mol. The van der Waals surface area contributed by atoms with Crippen molar-refractivity contribution in [2.45, 2.75) is 52.1 Å². The van der Waals surface area contributed by atoms with E-state index in [1.165, 1.54) is 25.3 Å². The van der Waals surface area contributed by atoms with Gasteiger partial charge in [0.1, 0.15) is 0 Å². The molecule has 0 unspecified atom stereocenters. The highest BCUT2D eigenvalue weighted by Crippen LogP contribution is 2.27. The summed E-state index contributed by atoms with van der Waals surface area (Å²) in [6.07, 6.45) is 5.70. The Labute approximate surface area is 108 Å². The molecule has 0 saturated heterocycles. The van der Waals surface area contributed by atoms with Gasteiger partial charge in [-0.3, -0.25) is 10.1 Å². The number of rotatable bonds is 8. The lowest BCUT2D eigenvalue weighted by molar-refractivity contribution is -0.386. The van der Waals surface area contributed by atoms with E-state index in [0.29, 0.717) is 5.75 Å². The van der Waals surface area contributed by atoms with Crippen LogP contribution in [0, 0.1) is 10.1 Å². The maximum Gasteiger partial charge on any atom is 0.310 e. The van der Waals surface area contributed by atoms with Crippen molar-refractivity contribution >= 4 is 5.69 Å². The van der Waals surface area contributed by atoms with Crippen molar-refractivity contribution in [2.24, 2.45) is 0 Å². The van der Waals surface area contributed by atoms with Gasteiger partial charge < -0.3 is 4.74 Å². The van der Waals surface area contributed by atoms with Crippen LogP contribution in [0.25, 0.3) is 0 Å². The van der Waals surface area contributed by atoms with E-state index in [9.17, 15) is 10.1 Å². The van der Waals surface area contributed by atoms with Crippen molar-refractivity contribution in [3.8, 4) is 5.75 Å². The largest absolute Gasteiger partial charge is 0.484 e. The Bertz CT molecular complexity index is 379. The van der Waals surface area contributed by atoms with E-state index in [1.807, 2.05) is 6.92 Å². The number of nitro benzene ring substituents is 1. The highest BCUT2D eigenvalue weighted by molar-refractivity contribution is 5.45. The van der Waals surface area contributed by atoms with Gasteiger partial charge >= 0.3 is 5.69 Å². The molecule has 0 N–H and O–H groups in total. The Morgan fingerprint density at radius 3 is 2.67 bits per heavy atom. The van der Waals surface area contributed by atoms with Gasteiger partial charge in [0.05, 0.1) is 11.0 Å². The van der Waals surface area contributed by atoms with Gasteiger partial charge in [0.15, 0.2) is 5.75 Å². The Morgan fingerprint density at radius 1 is 1.28 bits per heavy atom. The van der Waals surface area contributed by atoms with E-state index in [-0.39, 0.29) is 11.8 Å². The minimum atomic E-state index is -0.404. The van der Waals surface area contributed by atoms with Crippen LogP contribution in [-0.4, -0.2) is 11.0 Å². The molecule has 0 fully saturated rings. The van der Waals surface area contributed by atoms with E-state index >= 15 is 0 Å². The number of benzene rings is 1. The van der Waals surface area contributed by atoms with Gasteiger partial charge in [-0.1, -0.05) is 38.3 Å². The van der Waals surface area contributed by atoms with Crippen LogP contribution in [0.3, 0.4) is 0 Å². The summed E-state index contributed by atoms with van der Waals surface area (Å²) in [4.78, 5) is 10.4. The van der Waals surface area contributed by atoms with Gasteiger partial charge in [-0.15, -0.1) is 0 Å². The zero-order valence-corrected chi connectivity index (χ0v) is 11.1. The molecule has 0 saturated carbocycles. The smallest absolute Gasteiger partial charge is 0.310 e. The van der Waals surface area contributed by atoms with E-state index in [4.69, 9.17) is 4.74 Å². The number of hydrogen-bond acceptors (Lipinski definition) is 3. The molecule has 1 aromatic rings. The van der Waals surface area contributed by atoms with E-state index in [2.05, 4.69) is 6.92 Å². The van der Waals surface area contributed by atoms with Crippen molar-refractivity contribution in [2.75, 3.05) is 0 Å². The zero-order valence-electron chi connectivity index (χ0n) is 11.1. The number of unbranched alkanes of at least 4 members (excludes halogenated alkanes) is 3. The van der Waals surface area contributed by atoms with Crippen molar-refractivity contribution in [3.05, 3.63) is 34.4 Å². The number of hydrogen-bond donors (Lipinski definition) is 0. The van der Waals surface area contributed by atoms with Crippen molar-refractivity contribution in [1.82, 2.24) is 0 Å². The molecule has 0 aliphatic rings. The molecule has 0 aliphatic heterocycles. The number of nitrogens with zero attached hydrogens (tertiary/aromatic N) is 1. The third-order valence-electron chi connectivity index (χ3n) is 2.85. The molecule has 18 heavy (non-hydrogen) atoms. The molecule has 0 aromatic heterocycles. The SMILES string of the molecule is CCCCCC[C@@H](C)Oc1ccccc1[N+](=O)[O-]. The van der Waals surface area contributed by atoms with Gasteiger partial charge in [0.25, 0.3) is 0 Å². The van der Waals surface area contributed by atoms with Crippen molar-refractivity contribution < 1.29 is 9.66 Å². The molecule has 1 aromatic carbocycles. The van der Waals surface area contributed by atoms with Crippen LogP contribution in [0.15, 0.2) is 24.3 Å². The summed E-state index contributed by atoms with van der Waals surface area (Å²) < 4.78 is 5.65. The highest BCUT2D eigenvalue weighted by atomic mass is 16.6. The monoisotopic (exact) mass is 251 g/mol. The average Bonchev–Trinajstić information content (AvgIpc) is 2.35. The molecule has 0 aliphatic carbocycles. The van der Waals surface area contributed by atoms with E-state index in [0.717, 1.165) is 12.8 Å². The summed E-state index contributed by atoms with van der Waals surface area (Å²) in [5.41, 5.74) is 0.0397. The van der Waals surface area contributed by atoms with Crippen molar-refractivity contribution in [3.63, 3.8) is 0 Å². The molecule has 0 heterocycles. The third kappa shape index (κ3) is 4.73. The average molecular weight is 251 g/mol. The third-order valence-corrected chi connectivity index (χ3v) is 2.85. The van der Waals surface area contributed by atoms with E-state index in [1.54, 1.807) is 18.2 Å². The van der Waals surface area contributed by atoms with E-state index < -0.39 is 4.92 Å². The second-order valence-electron chi connectivity index (χ2n) is 4.50. The lowest BCUT2D eigenvalue weighted by atomic mass is 10.1. The summed E-state index contributed by atoms with van der Waals surface area (Å²) >= 11 is 0. The minimum absolute atomic E-state index is 0.0166. The molecule has 0 spiro atoms. The normalized spacial score (nSPS) is 12.1. The highest BCUT2D eigenvalue weighted by Gasteiger charge is 2.15. The van der Waals surface area contributed by atoms with Crippen LogP contribution >= 0.6 is 0 Å². The fourth-order valence-electron chi connectivity index (χ4n) is 1.84. The molecule has 0 radical (unpaired) electrons. The lowest BCUT2D eigenvalue weighted by Gasteiger charge is -2.14. The Kier molecular flexibility index (Phi) is 6.19. The number of nitro groups is 1. The van der Waals surface area contributed by atoms with Gasteiger partial charge in [0.2, 0.25) is 0 Å². The molecule has 0 bridgehead atoms. The standard InChI is InChI=1S/C14H21NO3/c1-3-4-5-6-9-12(2)18-14-11-8-7-10-13(14)15(16)17/h7-8,10-12H,3-6,9H2,1-2H3/t12-/m1/s1. The molecule has 100 valence electrons. The maximum atomic E-state index is 10.8. The molecule has 1 atom stereocenters. The minimum Gasteiger partial charge on any atom is -0.484 e. The van der Waals surface area contributed by atoms with Crippen LogP contribution < -0.4 is 4.74 Å². The fourth-order valence-corrected chi connectivity index (χ4v) is 1.84. The van der Waals surface area contributed by atoms with Crippen LogP contribution in [-0.2, 0) is 0 Å². The summed E-state index contributed by atoms with van der Waals surface area (Å²) in [5, 5.41) is 10.8. The number of ether oxygens (including phenoxy) is 1. The van der Waals surface area contributed by atoms with Crippen LogP contribution in [0.5, 0.6) is 5.75 Å². The summed E-state index contributed by atoms with van der Waals surface area (Å²) in [5.74, 6) is 0.366. The zero-order chi connectivity index (χ0) is 13.4. The first-order chi connectivity index (χ1) is 8.65. The lowest BCUT2D eigenvalue weighted by Crippen LogP contribution is -2.12. The maximum absolute atomic E-state index is 10.8. The first-order valence-electron chi connectivity index (χ1n) is 6.55. The first kappa shape index (κ1) is 14.5. The van der Waals surface area contributed by atoms with Crippen LogP contribution in [0.4, 0.5) is 5.69 Å². The first-order valence-corrected chi connectivity index (χ1v) is 6.55. The molecule has 1 rings (SSSR count). The Balaban J connectivity index is 2.48. The summed E-state index contributed by atoms with van der Waals surface area (Å²) in [7, 11) is 0. The predicted molar refractivity (Wildman–Crippen MR) is 71.9 cm³/mol. The summed E-state index contributed by atoms with van der Waals surface area (Å²) in [6, 6.07) is 6.53.